The molecule has 2 N–H and O–H groups in total. The molecule has 1 heterocycles. The number of carbonyl (C=O) groups excluding carboxylic acids is 1. The molecule has 2 aromatic rings. The van der Waals surface area contributed by atoms with Crippen LogP contribution in [0.1, 0.15) is 35.3 Å². The Morgan fingerprint density at radius 3 is 2.77 bits per heavy atom. The number of hydrogen-bond donors (Lipinski definition) is 2. The third-order valence-electron chi connectivity index (χ3n) is 4.36. The molecule has 0 radical (unpaired) electrons. The normalized spacial score (nSPS) is 19.2. The molecule has 26 heavy (non-hydrogen) atoms. The van der Waals surface area contributed by atoms with Crippen molar-refractivity contribution in [2.45, 2.75) is 38.0 Å². The van der Waals surface area contributed by atoms with E-state index in [-0.39, 0.29) is 24.1 Å². The second-order valence-corrected chi connectivity index (χ2v) is 6.99. The molecule has 2 atom stereocenters. The summed E-state index contributed by atoms with van der Waals surface area (Å²) in [5.41, 5.74) is 1.10. The van der Waals surface area contributed by atoms with E-state index in [1.165, 1.54) is 7.11 Å². The monoisotopic (exact) mass is 420 g/mol. The second-order valence-electron chi connectivity index (χ2n) is 6.18. The Balaban J connectivity index is 1.85. The zero-order valence-corrected chi connectivity index (χ0v) is 16.0. The van der Waals surface area contributed by atoms with Gasteiger partial charge < -0.3 is 19.9 Å². The lowest BCUT2D eigenvalue weighted by molar-refractivity contribution is 0.0862. The first-order valence-electron chi connectivity index (χ1n) is 8.48. The highest BCUT2D eigenvalue weighted by molar-refractivity contribution is 9.10. The van der Waals surface area contributed by atoms with Crippen LogP contribution in [-0.4, -0.2) is 35.3 Å². The Kier molecular flexibility index (Phi) is 6.11. The van der Waals surface area contributed by atoms with E-state index in [0.29, 0.717) is 16.8 Å². The molecule has 1 aliphatic rings. The Bertz CT molecular complexity index is 770. The van der Waals surface area contributed by atoms with Crippen LogP contribution in [0.25, 0.3) is 0 Å². The van der Waals surface area contributed by atoms with E-state index in [2.05, 4.69) is 26.2 Å². The van der Waals surface area contributed by atoms with Gasteiger partial charge in [0.2, 0.25) is 0 Å². The number of benzene rings is 1. The number of pyridine rings is 1. The van der Waals surface area contributed by atoms with Gasteiger partial charge >= 0.3 is 0 Å². The van der Waals surface area contributed by atoms with Crippen molar-refractivity contribution in [3.8, 4) is 11.5 Å². The van der Waals surface area contributed by atoms with Crippen molar-refractivity contribution in [2.24, 2.45) is 0 Å². The number of rotatable bonds is 6. The van der Waals surface area contributed by atoms with Crippen LogP contribution in [0.5, 0.6) is 11.5 Å². The summed E-state index contributed by atoms with van der Waals surface area (Å²) < 4.78 is 11.7. The first-order valence-corrected chi connectivity index (χ1v) is 9.28. The van der Waals surface area contributed by atoms with Gasteiger partial charge in [0.15, 0.2) is 17.2 Å². The van der Waals surface area contributed by atoms with Gasteiger partial charge in [-0.05, 0) is 40.8 Å². The molecule has 0 saturated heterocycles. The van der Waals surface area contributed by atoms with Crippen molar-refractivity contribution in [3.63, 3.8) is 0 Å². The van der Waals surface area contributed by atoms with Crippen LogP contribution >= 0.6 is 15.9 Å². The van der Waals surface area contributed by atoms with E-state index < -0.39 is 12.0 Å². The number of aromatic nitrogens is 1. The molecule has 1 unspecified atom stereocenters. The van der Waals surface area contributed by atoms with Gasteiger partial charge in [-0.15, -0.1) is 0 Å². The lowest BCUT2D eigenvalue weighted by Gasteiger charge is -2.19. The molecule has 1 aromatic carbocycles. The highest BCUT2D eigenvalue weighted by Gasteiger charge is 2.29. The van der Waals surface area contributed by atoms with Crippen molar-refractivity contribution >= 4 is 21.8 Å². The van der Waals surface area contributed by atoms with Gasteiger partial charge in [0.05, 0.1) is 19.3 Å². The molecule has 6 nitrogen and oxygen atoms in total. The fourth-order valence-corrected chi connectivity index (χ4v) is 3.39. The van der Waals surface area contributed by atoms with Crippen LogP contribution in [0.4, 0.5) is 0 Å². The van der Waals surface area contributed by atoms with Gasteiger partial charge in [-0.1, -0.05) is 30.3 Å². The Morgan fingerprint density at radius 2 is 2.12 bits per heavy atom. The number of nitrogens with one attached hydrogen (secondary N) is 1. The Hall–Kier alpha value is -2.12. The maximum absolute atomic E-state index is 12.8. The van der Waals surface area contributed by atoms with Crippen molar-refractivity contribution in [2.75, 3.05) is 7.11 Å². The fourth-order valence-electron chi connectivity index (χ4n) is 3.00. The van der Waals surface area contributed by atoms with Crippen LogP contribution in [0.3, 0.4) is 0 Å². The number of aliphatic hydroxyl groups is 1. The minimum absolute atomic E-state index is 0.131. The molecule has 0 bridgehead atoms. The van der Waals surface area contributed by atoms with Crippen molar-refractivity contribution in [1.82, 2.24) is 10.3 Å². The van der Waals surface area contributed by atoms with E-state index >= 15 is 0 Å². The highest BCUT2D eigenvalue weighted by atomic mass is 79.9. The maximum atomic E-state index is 12.8. The average Bonchev–Trinajstić information content (AvgIpc) is 3.05. The summed E-state index contributed by atoms with van der Waals surface area (Å²) in [4.78, 5) is 17.0. The number of methoxy groups -OCH3 is 1. The van der Waals surface area contributed by atoms with Crippen LogP contribution in [0, 0.1) is 0 Å². The summed E-state index contributed by atoms with van der Waals surface area (Å²) in [5.74, 6) is 0.308. The molecular weight excluding hydrogens is 400 g/mol. The van der Waals surface area contributed by atoms with Crippen molar-refractivity contribution in [1.29, 1.82) is 0 Å². The first kappa shape index (κ1) is 18.7. The third-order valence-corrected chi connectivity index (χ3v) is 4.77. The molecule has 1 saturated carbocycles. The average molecular weight is 421 g/mol. The van der Waals surface area contributed by atoms with Crippen LogP contribution in [0.15, 0.2) is 41.0 Å². The number of carbonyl (C=O) groups is 1. The van der Waals surface area contributed by atoms with Crippen LogP contribution in [-0.2, 0) is 6.61 Å². The standard InChI is InChI=1S/C19H21BrN2O4/c1-25-15-10-16(20)22-17(19(24)21-13-8-5-9-14(13)23)18(15)26-11-12-6-3-2-4-7-12/h2-4,6-7,10,13-14,23H,5,8-9,11H2,1H3,(H,21,24)/t13?,14-/m1/s1. The van der Waals surface area contributed by atoms with Gasteiger partial charge in [0, 0.05) is 6.07 Å². The molecular formula is C19H21BrN2O4. The largest absolute Gasteiger partial charge is 0.493 e. The van der Waals surface area contributed by atoms with Crippen molar-refractivity contribution in [3.05, 3.63) is 52.3 Å². The summed E-state index contributed by atoms with van der Waals surface area (Å²) in [6.07, 6.45) is 1.80. The summed E-state index contributed by atoms with van der Waals surface area (Å²) in [6.45, 7) is 0.285. The molecule has 138 valence electrons. The molecule has 1 fully saturated rings. The predicted octanol–water partition coefficient (Wildman–Crippen LogP) is 3.07. The smallest absolute Gasteiger partial charge is 0.274 e. The zero-order valence-electron chi connectivity index (χ0n) is 14.4. The predicted molar refractivity (Wildman–Crippen MR) is 100 cm³/mol. The summed E-state index contributed by atoms with van der Waals surface area (Å²) in [7, 11) is 1.51. The lowest BCUT2D eigenvalue weighted by Crippen LogP contribution is -2.40. The minimum Gasteiger partial charge on any atom is -0.493 e. The number of halogens is 1. The fraction of sp³-hybridized carbons (Fsp3) is 0.368. The summed E-state index contributed by atoms with van der Waals surface area (Å²) in [6, 6.07) is 11.0. The third kappa shape index (κ3) is 4.34. The summed E-state index contributed by atoms with van der Waals surface area (Å²) >= 11 is 3.30. The quantitative estimate of drug-likeness (QED) is 0.701. The number of nitrogens with zero attached hydrogens (tertiary/aromatic N) is 1. The van der Waals surface area contributed by atoms with Gasteiger partial charge in [0.1, 0.15) is 11.2 Å². The Morgan fingerprint density at radius 1 is 1.35 bits per heavy atom. The summed E-state index contributed by atoms with van der Waals surface area (Å²) in [5, 5.41) is 12.8. The molecule has 1 aromatic heterocycles. The van der Waals surface area contributed by atoms with E-state index in [0.717, 1.165) is 18.4 Å². The van der Waals surface area contributed by atoms with Crippen LogP contribution in [0.2, 0.25) is 0 Å². The SMILES string of the molecule is COc1cc(Br)nc(C(=O)NC2CCC[C@H]2O)c1OCc1ccccc1. The zero-order chi connectivity index (χ0) is 18.5. The van der Waals surface area contributed by atoms with Gasteiger partial charge in [-0.25, -0.2) is 4.98 Å². The number of amides is 1. The lowest BCUT2D eigenvalue weighted by atomic mass is 10.2. The highest BCUT2D eigenvalue weighted by Crippen LogP contribution is 2.33. The molecule has 1 aliphatic carbocycles. The van der Waals surface area contributed by atoms with E-state index in [1.807, 2.05) is 30.3 Å². The molecule has 0 spiro atoms. The molecule has 7 heteroatoms. The Labute approximate surface area is 160 Å². The number of hydrogen-bond acceptors (Lipinski definition) is 5. The van der Waals surface area contributed by atoms with Gasteiger partial charge in [-0.3, -0.25) is 4.79 Å². The van der Waals surface area contributed by atoms with Gasteiger partial charge in [0.25, 0.3) is 5.91 Å². The molecule has 3 rings (SSSR count). The van der Waals surface area contributed by atoms with E-state index in [4.69, 9.17) is 9.47 Å². The topological polar surface area (TPSA) is 80.7 Å². The van der Waals surface area contributed by atoms with E-state index in [1.54, 1.807) is 6.07 Å². The van der Waals surface area contributed by atoms with Gasteiger partial charge in [-0.2, -0.15) is 0 Å². The van der Waals surface area contributed by atoms with E-state index in [9.17, 15) is 9.90 Å². The molecule has 0 aliphatic heterocycles. The first-order chi connectivity index (χ1) is 12.6. The number of ether oxygens (including phenoxy) is 2. The maximum Gasteiger partial charge on any atom is 0.274 e. The molecule has 1 amide bonds. The van der Waals surface area contributed by atoms with Crippen LogP contribution < -0.4 is 14.8 Å². The minimum atomic E-state index is -0.526. The second kappa shape index (κ2) is 8.51. The number of aliphatic hydroxyl groups excluding tert-OH is 1. The van der Waals surface area contributed by atoms with Crippen molar-refractivity contribution < 1.29 is 19.4 Å².